The van der Waals surface area contributed by atoms with E-state index in [0.717, 1.165) is 49.2 Å². The molecule has 0 spiro atoms. The Balaban J connectivity index is 1.45. The van der Waals surface area contributed by atoms with E-state index >= 15 is 0 Å². The lowest BCUT2D eigenvalue weighted by Gasteiger charge is -2.24. The molecule has 120 valence electrons. The number of carbonyl (C=O) groups is 1. The van der Waals surface area contributed by atoms with Crippen molar-refractivity contribution >= 4 is 17.3 Å². The summed E-state index contributed by atoms with van der Waals surface area (Å²) < 4.78 is 12.8. The first-order valence-corrected chi connectivity index (χ1v) is 8.10. The van der Waals surface area contributed by atoms with Crippen LogP contribution in [0, 0.1) is 11.7 Å². The molecule has 1 aliphatic carbocycles. The third-order valence-corrected chi connectivity index (χ3v) is 4.28. The molecule has 0 heterocycles. The van der Waals surface area contributed by atoms with Gasteiger partial charge in [0.2, 0.25) is 5.91 Å². The van der Waals surface area contributed by atoms with Gasteiger partial charge in [0.25, 0.3) is 0 Å². The van der Waals surface area contributed by atoms with E-state index in [1.807, 2.05) is 24.3 Å². The maximum absolute atomic E-state index is 12.8. The Morgan fingerprint density at radius 3 is 2.26 bits per heavy atom. The van der Waals surface area contributed by atoms with Gasteiger partial charge in [-0.2, -0.15) is 0 Å². The van der Waals surface area contributed by atoms with Gasteiger partial charge in [-0.05, 0) is 61.2 Å². The van der Waals surface area contributed by atoms with Crippen LogP contribution in [-0.4, -0.2) is 12.5 Å². The number of anilines is 2. The lowest BCUT2D eigenvalue weighted by molar-refractivity contribution is -0.122. The van der Waals surface area contributed by atoms with Crippen LogP contribution in [0.25, 0.3) is 0 Å². The van der Waals surface area contributed by atoms with Crippen LogP contribution in [0.5, 0.6) is 0 Å². The molecule has 1 aliphatic rings. The van der Waals surface area contributed by atoms with Gasteiger partial charge in [0.05, 0.1) is 0 Å². The van der Waals surface area contributed by atoms with Crippen molar-refractivity contribution < 1.29 is 9.18 Å². The van der Waals surface area contributed by atoms with Crippen LogP contribution in [0.3, 0.4) is 0 Å². The Kier molecular flexibility index (Phi) is 4.91. The first-order chi connectivity index (χ1) is 11.2. The second kappa shape index (κ2) is 7.27. The summed E-state index contributed by atoms with van der Waals surface area (Å²) in [4.78, 5) is 11.9. The summed E-state index contributed by atoms with van der Waals surface area (Å²) in [6.45, 7) is 0.777. The molecular weight excluding hydrogens is 291 g/mol. The van der Waals surface area contributed by atoms with Gasteiger partial charge in [-0.1, -0.05) is 18.6 Å². The third-order valence-electron chi connectivity index (χ3n) is 4.28. The molecular formula is C19H21FN2O. The van der Waals surface area contributed by atoms with E-state index in [0.29, 0.717) is 0 Å². The van der Waals surface area contributed by atoms with Crippen molar-refractivity contribution in [2.75, 3.05) is 17.2 Å². The van der Waals surface area contributed by atoms with Crippen molar-refractivity contribution in [2.45, 2.75) is 25.7 Å². The van der Waals surface area contributed by atoms with E-state index in [4.69, 9.17) is 0 Å². The van der Waals surface area contributed by atoms with Gasteiger partial charge in [-0.25, -0.2) is 4.39 Å². The SMILES string of the molecule is O=C(Nc1ccc(NCCc2ccc(F)cc2)cc1)C1CCC1. The fourth-order valence-corrected chi connectivity index (χ4v) is 2.59. The van der Waals surface area contributed by atoms with Crippen molar-refractivity contribution in [1.82, 2.24) is 0 Å². The zero-order chi connectivity index (χ0) is 16.1. The molecule has 23 heavy (non-hydrogen) atoms. The zero-order valence-electron chi connectivity index (χ0n) is 13.0. The molecule has 4 heteroatoms. The molecule has 2 N–H and O–H groups in total. The average Bonchev–Trinajstić information content (AvgIpc) is 2.49. The number of rotatable bonds is 6. The Hall–Kier alpha value is -2.36. The van der Waals surface area contributed by atoms with Crippen LogP contribution in [0.4, 0.5) is 15.8 Å². The minimum absolute atomic E-state index is 0.133. The highest BCUT2D eigenvalue weighted by Gasteiger charge is 2.24. The zero-order valence-corrected chi connectivity index (χ0v) is 13.0. The van der Waals surface area contributed by atoms with Gasteiger partial charge in [0.1, 0.15) is 5.82 Å². The smallest absolute Gasteiger partial charge is 0.227 e. The van der Waals surface area contributed by atoms with E-state index < -0.39 is 0 Å². The summed E-state index contributed by atoms with van der Waals surface area (Å²) in [7, 11) is 0. The molecule has 2 aromatic carbocycles. The predicted octanol–water partition coefficient (Wildman–Crippen LogP) is 4.22. The van der Waals surface area contributed by atoms with Gasteiger partial charge in [-0.3, -0.25) is 4.79 Å². The van der Waals surface area contributed by atoms with Crippen molar-refractivity contribution in [3.05, 3.63) is 59.9 Å². The minimum atomic E-state index is -0.207. The molecule has 2 aromatic rings. The van der Waals surface area contributed by atoms with Crippen LogP contribution >= 0.6 is 0 Å². The highest BCUT2D eigenvalue weighted by Crippen LogP contribution is 2.27. The molecule has 1 amide bonds. The van der Waals surface area contributed by atoms with Crippen LogP contribution in [0.2, 0.25) is 0 Å². The lowest BCUT2D eigenvalue weighted by atomic mass is 9.85. The quantitative estimate of drug-likeness (QED) is 0.838. The Bertz CT molecular complexity index is 648. The molecule has 3 rings (SSSR count). The summed E-state index contributed by atoms with van der Waals surface area (Å²) >= 11 is 0. The van der Waals surface area contributed by atoms with Crippen LogP contribution < -0.4 is 10.6 Å². The van der Waals surface area contributed by atoms with E-state index in [-0.39, 0.29) is 17.6 Å². The van der Waals surface area contributed by atoms with Gasteiger partial charge in [-0.15, -0.1) is 0 Å². The second-order valence-corrected chi connectivity index (χ2v) is 6.00. The summed E-state index contributed by atoms with van der Waals surface area (Å²) in [6.07, 6.45) is 4.01. The summed E-state index contributed by atoms with van der Waals surface area (Å²) in [6, 6.07) is 14.3. The highest BCUT2D eigenvalue weighted by atomic mass is 19.1. The normalized spacial score (nSPS) is 14.1. The predicted molar refractivity (Wildman–Crippen MR) is 91.0 cm³/mol. The summed E-state index contributed by atoms with van der Waals surface area (Å²) in [5.41, 5.74) is 2.95. The fourth-order valence-electron chi connectivity index (χ4n) is 2.59. The van der Waals surface area contributed by atoms with Gasteiger partial charge in [0, 0.05) is 23.8 Å². The van der Waals surface area contributed by atoms with Gasteiger partial charge >= 0.3 is 0 Å². The number of benzene rings is 2. The molecule has 0 bridgehead atoms. The maximum Gasteiger partial charge on any atom is 0.227 e. The third kappa shape index (κ3) is 4.31. The van der Waals surface area contributed by atoms with Crippen LogP contribution in [0.1, 0.15) is 24.8 Å². The number of amides is 1. The first-order valence-electron chi connectivity index (χ1n) is 8.10. The highest BCUT2D eigenvalue weighted by molar-refractivity contribution is 5.93. The van der Waals surface area contributed by atoms with Crippen LogP contribution in [-0.2, 0) is 11.2 Å². The van der Waals surface area contributed by atoms with Gasteiger partial charge < -0.3 is 10.6 Å². The summed E-state index contributed by atoms with van der Waals surface area (Å²) in [5, 5.41) is 6.28. The van der Waals surface area contributed by atoms with Crippen LogP contribution in [0.15, 0.2) is 48.5 Å². The monoisotopic (exact) mass is 312 g/mol. The number of halogens is 1. The van der Waals surface area contributed by atoms with E-state index in [9.17, 15) is 9.18 Å². The molecule has 0 saturated heterocycles. The van der Waals surface area contributed by atoms with Crippen molar-refractivity contribution in [1.29, 1.82) is 0 Å². The molecule has 0 aliphatic heterocycles. The first kappa shape index (κ1) is 15.5. The van der Waals surface area contributed by atoms with E-state index in [1.54, 1.807) is 12.1 Å². The maximum atomic E-state index is 12.8. The minimum Gasteiger partial charge on any atom is -0.385 e. The molecule has 0 aromatic heterocycles. The Morgan fingerprint density at radius 2 is 1.65 bits per heavy atom. The van der Waals surface area contributed by atoms with Crippen molar-refractivity contribution in [3.8, 4) is 0 Å². The molecule has 1 saturated carbocycles. The molecule has 1 fully saturated rings. The number of hydrogen-bond acceptors (Lipinski definition) is 2. The standard InChI is InChI=1S/C19H21FN2O/c20-16-6-4-14(5-7-16)12-13-21-17-8-10-18(11-9-17)22-19(23)15-2-1-3-15/h4-11,15,21H,1-3,12-13H2,(H,22,23). The topological polar surface area (TPSA) is 41.1 Å². The van der Waals surface area contributed by atoms with Crippen molar-refractivity contribution in [3.63, 3.8) is 0 Å². The molecule has 3 nitrogen and oxygen atoms in total. The van der Waals surface area contributed by atoms with E-state index in [1.165, 1.54) is 12.1 Å². The van der Waals surface area contributed by atoms with E-state index in [2.05, 4.69) is 10.6 Å². The fraction of sp³-hybridized carbons (Fsp3) is 0.316. The number of nitrogens with one attached hydrogen (secondary N) is 2. The molecule has 0 radical (unpaired) electrons. The molecule has 0 unspecified atom stereocenters. The lowest BCUT2D eigenvalue weighted by Crippen LogP contribution is -2.27. The Morgan fingerprint density at radius 1 is 1.00 bits per heavy atom. The van der Waals surface area contributed by atoms with Crippen molar-refractivity contribution in [2.24, 2.45) is 5.92 Å². The summed E-state index contributed by atoms with van der Waals surface area (Å²) in [5.74, 6) is 0.123. The largest absolute Gasteiger partial charge is 0.385 e. The average molecular weight is 312 g/mol. The Labute approximate surface area is 135 Å². The number of carbonyl (C=O) groups excluding carboxylic acids is 1. The molecule has 0 atom stereocenters. The van der Waals surface area contributed by atoms with Gasteiger partial charge in [0.15, 0.2) is 0 Å². The second-order valence-electron chi connectivity index (χ2n) is 6.00. The number of hydrogen-bond donors (Lipinski definition) is 2.